The molecule has 1 aliphatic rings. The Morgan fingerprint density at radius 3 is 3.04 bits per heavy atom. The van der Waals surface area contributed by atoms with Gasteiger partial charge < -0.3 is 15.0 Å². The second-order valence-electron chi connectivity index (χ2n) is 6.10. The van der Waals surface area contributed by atoms with Gasteiger partial charge in [0.1, 0.15) is 24.6 Å². The van der Waals surface area contributed by atoms with E-state index in [1.165, 1.54) is 0 Å². The molecular formula is C17H22N6O2. The van der Waals surface area contributed by atoms with Gasteiger partial charge in [-0.25, -0.2) is 15.0 Å². The van der Waals surface area contributed by atoms with Crippen LogP contribution in [0.15, 0.2) is 31.0 Å². The number of hydrogen-bond donors (Lipinski definition) is 1. The minimum atomic E-state index is 0.0555. The lowest BCUT2D eigenvalue weighted by Gasteiger charge is -2.32. The van der Waals surface area contributed by atoms with Gasteiger partial charge in [-0.1, -0.05) is 0 Å². The molecule has 0 bridgehead atoms. The Morgan fingerprint density at radius 2 is 2.24 bits per heavy atom. The van der Waals surface area contributed by atoms with Crippen LogP contribution in [0.4, 0.5) is 11.6 Å². The molecule has 132 valence electrons. The predicted molar refractivity (Wildman–Crippen MR) is 92.2 cm³/mol. The number of carbonyl (C=O) groups excluding carboxylic acids is 1. The van der Waals surface area contributed by atoms with E-state index in [1.54, 1.807) is 32.0 Å². The molecule has 0 aromatic carbocycles. The maximum absolute atomic E-state index is 12.0. The van der Waals surface area contributed by atoms with E-state index in [4.69, 9.17) is 4.74 Å². The van der Waals surface area contributed by atoms with E-state index in [0.29, 0.717) is 17.6 Å². The predicted octanol–water partition coefficient (Wildman–Crippen LogP) is 1.44. The molecule has 3 rings (SSSR count). The third-order valence-corrected chi connectivity index (χ3v) is 4.18. The highest BCUT2D eigenvalue weighted by Gasteiger charge is 2.24. The zero-order chi connectivity index (χ0) is 17.5. The number of anilines is 2. The second-order valence-corrected chi connectivity index (χ2v) is 6.10. The summed E-state index contributed by atoms with van der Waals surface area (Å²) in [5.74, 6) is 1.78. The molecule has 0 radical (unpaired) electrons. The zero-order valence-electron chi connectivity index (χ0n) is 14.3. The molecule has 1 N–H and O–H groups in total. The average Bonchev–Trinajstić information content (AvgIpc) is 2.63. The van der Waals surface area contributed by atoms with Crippen molar-refractivity contribution in [2.24, 2.45) is 5.92 Å². The standard InChI is InChI=1S/C17H22N6O2/c1-25-11-17(24)23-6-2-3-13(10-23)7-14-8-15(21-12-20-14)22-16-9-18-4-5-19-16/h4-5,8-9,12-13H,2-3,6-7,10-11H2,1H3,(H,19,20,21,22). The topological polar surface area (TPSA) is 93.1 Å². The van der Waals surface area contributed by atoms with Gasteiger partial charge in [0.25, 0.3) is 0 Å². The summed E-state index contributed by atoms with van der Waals surface area (Å²) in [5.41, 5.74) is 0.951. The second kappa shape index (κ2) is 8.48. The van der Waals surface area contributed by atoms with Crippen molar-refractivity contribution in [3.63, 3.8) is 0 Å². The van der Waals surface area contributed by atoms with Gasteiger partial charge in [-0.3, -0.25) is 9.78 Å². The zero-order valence-corrected chi connectivity index (χ0v) is 14.3. The van der Waals surface area contributed by atoms with Crippen LogP contribution in [0.3, 0.4) is 0 Å². The van der Waals surface area contributed by atoms with Gasteiger partial charge in [-0.15, -0.1) is 0 Å². The lowest BCUT2D eigenvalue weighted by atomic mass is 9.93. The number of nitrogens with zero attached hydrogens (tertiary/aromatic N) is 5. The third kappa shape index (κ3) is 4.93. The van der Waals surface area contributed by atoms with E-state index in [-0.39, 0.29) is 12.5 Å². The summed E-state index contributed by atoms with van der Waals surface area (Å²) in [4.78, 5) is 30.7. The van der Waals surface area contributed by atoms with Crippen molar-refractivity contribution in [3.8, 4) is 0 Å². The highest BCUT2D eigenvalue weighted by molar-refractivity contribution is 5.77. The molecule has 1 fully saturated rings. The van der Waals surface area contributed by atoms with Crippen LogP contribution >= 0.6 is 0 Å². The van der Waals surface area contributed by atoms with Crippen molar-refractivity contribution in [1.29, 1.82) is 0 Å². The fourth-order valence-electron chi connectivity index (χ4n) is 3.04. The van der Waals surface area contributed by atoms with Crippen LogP contribution in [0, 0.1) is 5.92 Å². The molecule has 3 heterocycles. The van der Waals surface area contributed by atoms with E-state index < -0.39 is 0 Å². The first-order valence-corrected chi connectivity index (χ1v) is 8.35. The number of nitrogens with one attached hydrogen (secondary N) is 1. The van der Waals surface area contributed by atoms with Crippen LogP contribution in [0.1, 0.15) is 18.5 Å². The van der Waals surface area contributed by atoms with Gasteiger partial charge >= 0.3 is 0 Å². The van der Waals surface area contributed by atoms with Crippen molar-refractivity contribution in [2.75, 3.05) is 32.1 Å². The van der Waals surface area contributed by atoms with Gasteiger partial charge in [-0.2, -0.15) is 0 Å². The number of rotatable bonds is 6. The highest BCUT2D eigenvalue weighted by Crippen LogP contribution is 2.21. The van der Waals surface area contributed by atoms with Crippen LogP contribution in [-0.2, 0) is 16.0 Å². The molecule has 1 amide bonds. The van der Waals surface area contributed by atoms with E-state index in [0.717, 1.165) is 38.0 Å². The Bertz CT molecular complexity index is 697. The molecule has 2 aromatic heterocycles. The molecule has 8 nitrogen and oxygen atoms in total. The van der Waals surface area contributed by atoms with E-state index in [9.17, 15) is 4.79 Å². The molecule has 2 aromatic rings. The number of piperidine rings is 1. The molecule has 1 unspecified atom stereocenters. The van der Waals surface area contributed by atoms with Crippen LogP contribution in [-0.4, -0.2) is 57.5 Å². The first kappa shape index (κ1) is 17.2. The number of carbonyl (C=O) groups is 1. The Hall–Kier alpha value is -2.61. The summed E-state index contributed by atoms with van der Waals surface area (Å²) in [5, 5.41) is 3.12. The molecular weight excluding hydrogens is 320 g/mol. The van der Waals surface area contributed by atoms with Crippen LogP contribution in [0.25, 0.3) is 0 Å². The van der Waals surface area contributed by atoms with Crippen molar-refractivity contribution in [2.45, 2.75) is 19.3 Å². The molecule has 0 saturated carbocycles. The number of hydrogen-bond acceptors (Lipinski definition) is 7. The van der Waals surface area contributed by atoms with Crippen LogP contribution in [0.2, 0.25) is 0 Å². The van der Waals surface area contributed by atoms with Gasteiger partial charge in [0.05, 0.1) is 6.20 Å². The summed E-state index contributed by atoms with van der Waals surface area (Å²) in [6.45, 7) is 1.70. The van der Waals surface area contributed by atoms with Gasteiger partial charge in [0.2, 0.25) is 5.91 Å². The first-order chi connectivity index (χ1) is 12.2. The lowest BCUT2D eigenvalue weighted by Crippen LogP contribution is -2.42. The van der Waals surface area contributed by atoms with E-state index >= 15 is 0 Å². The minimum Gasteiger partial charge on any atom is -0.375 e. The number of likely N-dealkylation sites (tertiary alicyclic amines) is 1. The summed E-state index contributed by atoms with van der Waals surface area (Å²) in [6.07, 6.45) is 9.35. The van der Waals surface area contributed by atoms with Gasteiger partial charge in [-0.05, 0) is 25.2 Å². The molecule has 1 atom stereocenters. The van der Waals surface area contributed by atoms with Crippen molar-refractivity contribution < 1.29 is 9.53 Å². The summed E-state index contributed by atoms with van der Waals surface area (Å²) < 4.78 is 4.95. The third-order valence-electron chi connectivity index (χ3n) is 4.18. The van der Waals surface area contributed by atoms with Gasteiger partial charge in [0.15, 0.2) is 0 Å². The Balaban J connectivity index is 1.61. The monoisotopic (exact) mass is 342 g/mol. The fraction of sp³-hybridized carbons (Fsp3) is 0.471. The van der Waals surface area contributed by atoms with Crippen LogP contribution in [0.5, 0.6) is 0 Å². The molecule has 1 aliphatic heterocycles. The lowest BCUT2D eigenvalue weighted by molar-refractivity contribution is -0.136. The molecule has 1 saturated heterocycles. The smallest absolute Gasteiger partial charge is 0.248 e. The fourth-order valence-corrected chi connectivity index (χ4v) is 3.04. The average molecular weight is 342 g/mol. The normalized spacial score (nSPS) is 17.3. The van der Waals surface area contributed by atoms with Crippen molar-refractivity contribution in [1.82, 2.24) is 24.8 Å². The quantitative estimate of drug-likeness (QED) is 0.849. The van der Waals surface area contributed by atoms with Crippen molar-refractivity contribution >= 4 is 17.5 Å². The van der Waals surface area contributed by atoms with Gasteiger partial charge in [0, 0.05) is 44.4 Å². The Kier molecular flexibility index (Phi) is 5.84. The minimum absolute atomic E-state index is 0.0555. The maximum Gasteiger partial charge on any atom is 0.248 e. The summed E-state index contributed by atoms with van der Waals surface area (Å²) in [6, 6.07) is 1.92. The summed E-state index contributed by atoms with van der Waals surface area (Å²) in [7, 11) is 1.55. The molecule has 0 spiro atoms. The Morgan fingerprint density at radius 1 is 1.32 bits per heavy atom. The molecule has 8 heteroatoms. The number of amides is 1. The SMILES string of the molecule is COCC(=O)N1CCCC(Cc2cc(Nc3cnccn3)ncn2)C1. The van der Waals surface area contributed by atoms with Crippen LogP contribution < -0.4 is 5.32 Å². The highest BCUT2D eigenvalue weighted by atomic mass is 16.5. The number of ether oxygens (including phenoxy) is 1. The van der Waals surface area contributed by atoms with Crippen molar-refractivity contribution in [3.05, 3.63) is 36.7 Å². The van der Waals surface area contributed by atoms with E-state index in [1.807, 2.05) is 11.0 Å². The number of aromatic nitrogens is 4. The first-order valence-electron chi connectivity index (χ1n) is 8.35. The number of methoxy groups -OCH3 is 1. The Labute approximate surface area is 146 Å². The largest absolute Gasteiger partial charge is 0.375 e. The summed E-state index contributed by atoms with van der Waals surface area (Å²) >= 11 is 0. The van der Waals surface area contributed by atoms with E-state index in [2.05, 4.69) is 25.3 Å². The molecule has 25 heavy (non-hydrogen) atoms. The molecule has 0 aliphatic carbocycles. The maximum atomic E-state index is 12.0.